The highest BCUT2D eigenvalue weighted by Crippen LogP contribution is 2.32. The smallest absolute Gasteiger partial charge is 0.235 e. The van der Waals surface area contributed by atoms with Crippen LogP contribution in [-0.4, -0.2) is 11.9 Å². The Morgan fingerprint density at radius 2 is 1.94 bits per heavy atom. The van der Waals surface area contributed by atoms with Gasteiger partial charge >= 0.3 is 0 Å². The van der Waals surface area contributed by atoms with E-state index in [1.807, 2.05) is 0 Å². The molecule has 1 aromatic carbocycles. The minimum absolute atomic E-state index is 0.272. The highest BCUT2D eigenvalue weighted by Gasteiger charge is 2.17. The molecule has 5 nitrogen and oxygen atoms in total. The van der Waals surface area contributed by atoms with Crippen LogP contribution in [0.5, 0.6) is 0 Å². The van der Waals surface area contributed by atoms with E-state index >= 15 is 0 Å². The Kier molecular flexibility index (Phi) is 3.98. The Bertz CT molecular complexity index is 415. The first kappa shape index (κ1) is 12.6. The molecular formula is C9H10Cl2N4O. The minimum Gasteiger partial charge on any atom is -0.368 e. The Morgan fingerprint density at radius 3 is 2.31 bits per heavy atom. The Hall–Kier alpha value is -1.46. The van der Waals surface area contributed by atoms with Gasteiger partial charge in [-0.3, -0.25) is 15.6 Å². The summed E-state index contributed by atoms with van der Waals surface area (Å²) in [7, 11) is 0. The number of benzene rings is 1. The van der Waals surface area contributed by atoms with Crippen LogP contribution in [0.4, 0.5) is 5.69 Å². The fraction of sp³-hybridized carbons (Fsp3) is 0.111. The van der Waals surface area contributed by atoms with Crippen LogP contribution in [0.2, 0.25) is 10.0 Å². The predicted octanol–water partition coefficient (Wildman–Crippen LogP) is 1.74. The molecule has 0 spiro atoms. The number of hydrazine groups is 1. The number of halogens is 2. The monoisotopic (exact) mass is 260 g/mol. The van der Waals surface area contributed by atoms with Crippen LogP contribution in [0.25, 0.3) is 0 Å². The maximum absolute atomic E-state index is 11.0. The third kappa shape index (κ3) is 2.77. The van der Waals surface area contributed by atoms with Gasteiger partial charge in [0, 0.05) is 6.92 Å². The number of hydrogen-bond acceptors (Lipinski definition) is 2. The molecule has 1 amide bonds. The molecule has 0 fully saturated rings. The maximum atomic E-state index is 11.0. The molecule has 0 aromatic heterocycles. The second-order valence-electron chi connectivity index (χ2n) is 2.96. The molecule has 4 N–H and O–H groups in total. The van der Waals surface area contributed by atoms with Crippen molar-refractivity contribution in [2.24, 2.45) is 5.73 Å². The molecule has 0 aliphatic heterocycles. The summed E-state index contributed by atoms with van der Waals surface area (Å²) in [6.07, 6.45) is 0. The highest BCUT2D eigenvalue weighted by atomic mass is 35.5. The normalized spacial score (nSPS) is 9.69. The highest BCUT2D eigenvalue weighted by molar-refractivity contribution is 6.39. The molecular weight excluding hydrogens is 251 g/mol. The van der Waals surface area contributed by atoms with Crippen molar-refractivity contribution in [1.82, 2.24) is 5.43 Å². The van der Waals surface area contributed by atoms with Crippen molar-refractivity contribution in [2.45, 2.75) is 6.92 Å². The largest absolute Gasteiger partial charge is 0.368 e. The topological polar surface area (TPSA) is 82.2 Å². The van der Waals surface area contributed by atoms with Gasteiger partial charge in [-0.1, -0.05) is 29.3 Å². The molecule has 0 aliphatic carbocycles. The molecule has 16 heavy (non-hydrogen) atoms. The van der Waals surface area contributed by atoms with Crippen molar-refractivity contribution in [1.29, 1.82) is 5.41 Å². The van der Waals surface area contributed by atoms with Crippen LogP contribution in [-0.2, 0) is 4.79 Å². The van der Waals surface area contributed by atoms with E-state index in [1.165, 1.54) is 6.92 Å². The lowest BCUT2D eigenvalue weighted by Crippen LogP contribution is -2.49. The number of anilines is 1. The lowest BCUT2D eigenvalue weighted by molar-refractivity contribution is -0.118. The zero-order valence-electron chi connectivity index (χ0n) is 8.42. The van der Waals surface area contributed by atoms with Gasteiger partial charge in [-0.05, 0) is 12.1 Å². The average Bonchev–Trinajstić information content (AvgIpc) is 2.15. The van der Waals surface area contributed by atoms with Crippen molar-refractivity contribution < 1.29 is 4.79 Å². The minimum atomic E-state index is -0.384. The third-order valence-electron chi connectivity index (χ3n) is 1.67. The van der Waals surface area contributed by atoms with Crippen LogP contribution in [0, 0.1) is 5.41 Å². The van der Waals surface area contributed by atoms with E-state index in [4.69, 9.17) is 34.3 Å². The molecule has 1 aromatic rings. The van der Waals surface area contributed by atoms with Gasteiger partial charge in [0.05, 0.1) is 10.0 Å². The number of nitrogens with zero attached hydrogens (tertiary/aromatic N) is 1. The summed E-state index contributed by atoms with van der Waals surface area (Å²) in [5, 5.41) is 8.95. The standard InChI is InChI=1S/C9H10Cl2N4O/c1-5(16)14-15(9(12)13)8-6(10)3-2-4-7(8)11/h2-4H,1H3,(H3,12,13)(H,14,16). The summed E-state index contributed by atoms with van der Waals surface area (Å²) in [4.78, 5) is 11.0. The number of rotatable bonds is 1. The Morgan fingerprint density at radius 1 is 1.44 bits per heavy atom. The van der Waals surface area contributed by atoms with Gasteiger partial charge in [-0.25, -0.2) is 5.01 Å². The number of para-hydroxylation sites is 1. The quantitative estimate of drug-likeness (QED) is 0.409. The van der Waals surface area contributed by atoms with Gasteiger partial charge in [0.1, 0.15) is 5.69 Å². The molecule has 0 saturated carbocycles. The van der Waals surface area contributed by atoms with E-state index in [1.54, 1.807) is 18.2 Å². The molecule has 0 unspecified atom stereocenters. The first-order valence-electron chi connectivity index (χ1n) is 4.29. The van der Waals surface area contributed by atoms with Crippen LogP contribution < -0.4 is 16.2 Å². The number of guanidine groups is 1. The second kappa shape index (κ2) is 5.05. The number of hydrogen-bond donors (Lipinski definition) is 3. The number of carbonyl (C=O) groups is 1. The Balaban J connectivity index is 3.20. The van der Waals surface area contributed by atoms with Crippen molar-refractivity contribution >= 4 is 40.8 Å². The SMILES string of the molecule is CC(=O)NN(C(=N)N)c1c(Cl)cccc1Cl. The molecule has 0 bridgehead atoms. The zero-order valence-corrected chi connectivity index (χ0v) is 9.93. The zero-order chi connectivity index (χ0) is 12.3. The number of nitrogens with two attached hydrogens (primary N) is 1. The van der Waals surface area contributed by atoms with Crippen molar-refractivity contribution in [3.05, 3.63) is 28.2 Å². The number of nitrogens with one attached hydrogen (secondary N) is 2. The van der Waals surface area contributed by atoms with Crippen LogP contribution in [0.3, 0.4) is 0 Å². The molecule has 86 valence electrons. The van der Waals surface area contributed by atoms with Gasteiger partial charge < -0.3 is 5.73 Å². The van der Waals surface area contributed by atoms with E-state index in [9.17, 15) is 4.79 Å². The van der Waals surface area contributed by atoms with Crippen molar-refractivity contribution in [2.75, 3.05) is 5.01 Å². The summed E-state index contributed by atoms with van der Waals surface area (Å²) in [6.45, 7) is 1.29. The van der Waals surface area contributed by atoms with Crippen molar-refractivity contribution in [3.8, 4) is 0 Å². The molecule has 0 heterocycles. The molecule has 1 rings (SSSR count). The van der Waals surface area contributed by atoms with Gasteiger partial charge in [0.2, 0.25) is 11.9 Å². The van der Waals surface area contributed by atoms with Gasteiger partial charge in [0.25, 0.3) is 0 Å². The van der Waals surface area contributed by atoms with Crippen LogP contribution >= 0.6 is 23.2 Å². The summed E-state index contributed by atoms with van der Waals surface area (Å²) < 4.78 is 0. The lowest BCUT2D eigenvalue weighted by atomic mass is 10.3. The van der Waals surface area contributed by atoms with Gasteiger partial charge in [-0.2, -0.15) is 0 Å². The summed E-state index contributed by atoms with van der Waals surface area (Å²) in [5.74, 6) is -0.767. The summed E-state index contributed by atoms with van der Waals surface area (Å²) in [5.41, 5.74) is 7.96. The second-order valence-corrected chi connectivity index (χ2v) is 3.77. The predicted molar refractivity (Wildman–Crippen MR) is 64.7 cm³/mol. The summed E-state index contributed by atoms with van der Waals surface area (Å²) in [6, 6.07) is 4.82. The lowest BCUT2D eigenvalue weighted by Gasteiger charge is -2.24. The molecule has 0 atom stereocenters. The molecule has 0 saturated heterocycles. The number of amides is 1. The van der Waals surface area contributed by atoms with E-state index in [0.717, 1.165) is 5.01 Å². The van der Waals surface area contributed by atoms with E-state index in [-0.39, 0.29) is 27.6 Å². The fourth-order valence-corrected chi connectivity index (χ4v) is 1.66. The van der Waals surface area contributed by atoms with Gasteiger partial charge in [0.15, 0.2) is 0 Å². The van der Waals surface area contributed by atoms with Crippen LogP contribution in [0.1, 0.15) is 6.92 Å². The maximum Gasteiger partial charge on any atom is 0.235 e. The third-order valence-corrected chi connectivity index (χ3v) is 2.28. The average molecular weight is 261 g/mol. The fourth-order valence-electron chi connectivity index (χ4n) is 1.10. The van der Waals surface area contributed by atoms with Crippen molar-refractivity contribution in [3.63, 3.8) is 0 Å². The first-order valence-corrected chi connectivity index (χ1v) is 5.04. The molecule has 0 aliphatic rings. The van der Waals surface area contributed by atoms with E-state index in [0.29, 0.717) is 0 Å². The summed E-state index contributed by atoms with van der Waals surface area (Å²) >= 11 is 11.8. The van der Waals surface area contributed by atoms with E-state index < -0.39 is 0 Å². The van der Waals surface area contributed by atoms with E-state index in [2.05, 4.69) is 5.43 Å². The van der Waals surface area contributed by atoms with Gasteiger partial charge in [-0.15, -0.1) is 0 Å². The first-order chi connectivity index (χ1) is 7.43. The molecule has 7 heteroatoms. The molecule has 0 radical (unpaired) electrons. The van der Waals surface area contributed by atoms with Crippen LogP contribution in [0.15, 0.2) is 18.2 Å². The number of carbonyl (C=O) groups excluding carboxylic acids is 1. The Labute approximate surface area is 103 Å².